The van der Waals surface area contributed by atoms with Crippen molar-refractivity contribution in [3.8, 4) is 0 Å². The molecule has 13 heavy (non-hydrogen) atoms. The first-order chi connectivity index (χ1) is 6.31. The summed E-state index contributed by atoms with van der Waals surface area (Å²) in [4.78, 5) is 10.7. The third-order valence-electron chi connectivity index (χ3n) is 1.12. The van der Waals surface area contributed by atoms with E-state index in [2.05, 4.69) is 20.7 Å². The van der Waals surface area contributed by atoms with Crippen LogP contribution in [0.15, 0.2) is 0 Å². The number of halogens is 1. The fourth-order valence-corrected chi connectivity index (χ4v) is 0.862. The number of rotatable bonds is 8. The Kier molecular flexibility index (Phi) is 9.85. The molecule has 0 unspecified atom stereocenters. The number of carbonyl (C=O) groups excluding carboxylic acids is 1. The van der Waals surface area contributed by atoms with E-state index < -0.39 is 0 Å². The molecule has 0 aromatic rings. The molecule has 0 bridgehead atoms. The van der Waals surface area contributed by atoms with Gasteiger partial charge in [0.15, 0.2) is 0 Å². The van der Waals surface area contributed by atoms with Gasteiger partial charge in [0.05, 0.1) is 26.4 Å². The van der Waals surface area contributed by atoms with E-state index >= 15 is 0 Å². The Labute approximate surface area is 86.7 Å². The zero-order valence-corrected chi connectivity index (χ0v) is 9.34. The average molecular weight is 255 g/mol. The Bertz CT molecular complexity index is 129. The first-order valence-electron chi connectivity index (χ1n) is 4.18. The van der Waals surface area contributed by atoms with E-state index in [1.165, 1.54) is 0 Å². The molecular weight excluding hydrogens is 240 g/mol. The highest BCUT2D eigenvalue weighted by Gasteiger charge is 1.99. The van der Waals surface area contributed by atoms with Crippen LogP contribution in [-0.4, -0.2) is 44.3 Å². The van der Waals surface area contributed by atoms with Gasteiger partial charge in [0.25, 0.3) is 0 Å². The van der Waals surface area contributed by atoms with Crippen molar-refractivity contribution in [2.75, 3.05) is 38.4 Å². The van der Waals surface area contributed by atoms with Crippen LogP contribution in [0.3, 0.4) is 0 Å². The first-order valence-corrected chi connectivity index (χ1v) is 5.30. The molecule has 0 aromatic heterocycles. The van der Waals surface area contributed by atoms with Crippen molar-refractivity contribution in [3.05, 3.63) is 0 Å². The Hall–Kier alpha value is -0.130. The van der Waals surface area contributed by atoms with Crippen molar-refractivity contribution in [1.29, 1.82) is 0 Å². The minimum atomic E-state index is -0.331. The topological polar surface area (TPSA) is 44.8 Å². The Morgan fingerprint density at radius 1 is 1.23 bits per heavy atom. The molecule has 0 rings (SSSR count). The molecule has 0 radical (unpaired) electrons. The highest BCUT2D eigenvalue weighted by atomic mass is 79.9. The molecule has 0 fully saturated rings. The van der Waals surface area contributed by atoms with Crippen LogP contribution in [0.2, 0.25) is 0 Å². The molecule has 78 valence electrons. The van der Waals surface area contributed by atoms with E-state index in [0.29, 0.717) is 26.4 Å². The number of ether oxygens (including phenoxy) is 3. The SMILES string of the molecule is CCOC(=O)COCCOCCBr. The van der Waals surface area contributed by atoms with Gasteiger partial charge in [0.2, 0.25) is 0 Å². The third-order valence-corrected chi connectivity index (χ3v) is 1.44. The monoisotopic (exact) mass is 254 g/mol. The van der Waals surface area contributed by atoms with E-state index in [1.54, 1.807) is 6.92 Å². The van der Waals surface area contributed by atoms with Gasteiger partial charge in [0.1, 0.15) is 6.61 Å². The van der Waals surface area contributed by atoms with Crippen molar-refractivity contribution in [3.63, 3.8) is 0 Å². The number of carbonyl (C=O) groups is 1. The Morgan fingerprint density at radius 3 is 2.54 bits per heavy atom. The largest absolute Gasteiger partial charge is 0.464 e. The lowest BCUT2D eigenvalue weighted by molar-refractivity contribution is -0.148. The summed E-state index contributed by atoms with van der Waals surface area (Å²) in [5.41, 5.74) is 0. The lowest BCUT2D eigenvalue weighted by Gasteiger charge is -2.04. The standard InChI is InChI=1S/C8H15BrO4/c1-2-13-8(10)7-12-6-5-11-4-3-9/h2-7H2,1H3. The summed E-state index contributed by atoms with van der Waals surface area (Å²) in [7, 11) is 0. The predicted molar refractivity (Wildman–Crippen MR) is 52.1 cm³/mol. The molecule has 0 aromatic carbocycles. The van der Waals surface area contributed by atoms with E-state index in [4.69, 9.17) is 9.47 Å². The summed E-state index contributed by atoms with van der Waals surface area (Å²) in [5, 5.41) is 0.810. The second-order valence-corrected chi connectivity index (χ2v) is 2.95. The molecule has 0 aliphatic rings. The molecule has 0 amide bonds. The smallest absolute Gasteiger partial charge is 0.332 e. The van der Waals surface area contributed by atoms with Gasteiger partial charge in [-0.1, -0.05) is 15.9 Å². The predicted octanol–water partition coefficient (Wildman–Crippen LogP) is 0.978. The summed E-state index contributed by atoms with van der Waals surface area (Å²) in [6.45, 7) is 3.74. The van der Waals surface area contributed by atoms with Crippen LogP contribution in [0.5, 0.6) is 0 Å². The third kappa shape index (κ3) is 9.79. The number of hydrogen-bond acceptors (Lipinski definition) is 4. The molecule has 0 aliphatic heterocycles. The first kappa shape index (κ1) is 12.9. The number of alkyl halides is 1. The minimum Gasteiger partial charge on any atom is -0.464 e. The molecule has 0 spiro atoms. The van der Waals surface area contributed by atoms with Crippen molar-refractivity contribution < 1.29 is 19.0 Å². The van der Waals surface area contributed by atoms with Crippen LogP contribution < -0.4 is 0 Å². The van der Waals surface area contributed by atoms with Crippen LogP contribution in [-0.2, 0) is 19.0 Å². The van der Waals surface area contributed by atoms with Crippen LogP contribution in [0.1, 0.15) is 6.92 Å². The molecule has 0 saturated heterocycles. The van der Waals surface area contributed by atoms with Crippen molar-refractivity contribution in [1.82, 2.24) is 0 Å². The highest BCUT2D eigenvalue weighted by Crippen LogP contribution is 1.84. The normalized spacial score (nSPS) is 10.0. The quantitative estimate of drug-likeness (QED) is 0.368. The number of esters is 1. The number of hydrogen-bond donors (Lipinski definition) is 0. The highest BCUT2D eigenvalue weighted by molar-refractivity contribution is 9.09. The molecule has 0 N–H and O–H groups in total. The second kappa shape index (κ2) is 9.95. The summed E-state index contributed by atoms with van der Waals surface area (Å²) in [5.74, 6) is -0.331. The zero-order valence-electron chi connectivity index (χ0n) is 7.75. The minimum absolute atomic E-state index is 0.00547. The van der Waals surface area contributed by atoms with Gasteiger partial charge in [-0.05, 0) is 6.92 Å². The van der Waals surface area contributed by atoms with Crippen LogP contribution in [0.4, 0.5) is 0 Å². The van der Waals surface area contributed by atoms with E-state index in [1.807, 2.05) is 0 Å². The van der Waals surface area contributed by atoms with Crippen molar-refractivity contribution in [2.24, 2.45) is 0 Å². The van der Waals surface area contributed by atoms with Gasteiger partial charge >= 0.3 is 5.97 Å². The fraction of sp³-hybridized carbons (Fsp3) is 0.875. The zero-order chi connectivity index (χ0) is 9.94. The maximum absolute atomic E-state index is 10.7. The second-order valence-electron chi connectivity index (χ2n) is 2.16. The van der Waals surface area contributed by atoms with E-state index in [0.717, 1.165) is 5.33 Å². The van der Waals surface area contributed by atoms with Gasteiger partial charge in [-0.25, -0.2) is 4.79 Å². The summed E-state index contributed by atoms with van der Waals surface area (Å²) in [6, 6.07) is 0. The van der Waals surface area contributed by atoms with Crippen molar-refractivity contribution >= 4 is 21.9 Å². The van der Waals surface area contributed by atoms with Crippen LogP contribution >= 0.6 is 15.9 Å². The summed E-state index contributed by atoms with van der Waals surface area (Å²) >= 11 is 3.22. The fourth-order valence-electron chi connectivity index (χ4n) is 0.633. The van der Waals surface area contributed by atoms with Gasteiger partial charge in [-0.2, -0.15) is 0 Å². The molecule has 0 atom stereocenters. The van der Waals surface area contributed by atoms with Crippen LogP contribution in [0, 0.1) is 0 Å². The summed E-state index contributed by atoms with van der Waals surface area (Å²) < 4.78 is 14.7. The summed E-state index contributed by atoms with van der Waals surface area (Å²) in [6.07, 6.45) is 0. The van der Waals surface area contributed by atoms with Gasteiger partial charge in [-0.15, -0.1) is 0 Å². The maximum atomic E-state index is 10.7. The van der Waals surface area contributed by atoms with Gasteiger partial charge in [-0.3, -0.25) is 0 Å². The Balaban J connectivity index is 3.02. The van der Waals surface area contributed by atoms with E-state index in [9.17, 15) is 4.79 Å². The van der Waals surface area contributed by atoms with Crippen LogP contribution in [0.25, 0.3) is 0 Å². The lowest BCUT2D eigenvalue weighted by atomic mass is 10.7. The average Bonchev–Trinajstić information content (AvgIpc) is 2.11. The molecule has 5 heteroatoms. The van der Waals surface area contributed by atoms with Gasteiger partial charge in [0, 0.05) is 5.33 Å². The lowest BCUT2D eigenvalue weighted by Crippen LogP contribution is -2.15. The van der Waals surface area contributed by atoms with Crippen molar-refractivity contribution in [2.45, 2.75) is 6.92 Å². The molecule has 0 aliphatic carbocycles. The molecular formula is C8H15BrO4. The molecule has 4 nitrogen and oxygen atoms in total. The Morgan fingerprint density at radius 2 is 1.92 bits per heavy atom. The molecule has 0 saturated carbocycles. The molecule has 0 heterocycles. The maximum Gasteiger partial charge on any atom is 0.332 e. The van der Waals surface area contributed by atoms with E-state index in [-0.39, 0.29) is 12.6 Å². The van der Waals surface area contributed by atoms with Gasteiger partial charge < -0.3 is 14.2 Å².